The van der Waals surface area contributed by atoms with Gasteiger partial charge < -0.3 is 9.84 Å². The van der Waals surface area contributed by atoms with E-state index in [0.717, 1.165) is 5.69 Å². The maximum atomic E-state index is 11.7. The fourth-order valence-corrected chi connectivity index (χ4v) is 1.51. The lowest BCUT2D eigenvalue weighted by atomic mass is 10.1. The van der Waals surface area contributed by atoms with Crippen LogP contribution in [0.1, 0.15) is 31.2 Å². The number of rotatable bonds is 4. The predicted octanol–water partition coefficient (Wildman–Crippen LogP) is 1.85. The highest BCUT2D eigenvalue weighted by molar-refractivity contribution is 5.88. The highest BCUT2D eigenvalue weighted by Crippen LogP contribution is 2.13. The fourth-order valence-electron chi connectivity index (χ4n) is 1.51. The Morgan fingerprint density at radius 2 is 2.32 bits per heavy atom. The van der Waals surface area contributed by atoms with E-state index in [1.54, 1.807) is 24.0 Å². The van der Waals surface area contributed by atoms with E-state index in [0.29, 0.717) is 24.0 Å². The van der Waals surface area contributed by atoms with Crippen molar-refractivity contribution in [3.63, 3.8) is 0 Å². The molecule has 0 aromatic carbocycles. The highest BCUT2D eigenvalue weighted by Gasteiger charge is 2.09. The molecule has 0 bridgehead atoms. The fraction of sp³-hybridized carbons (Fsp3) is 0.417. The molecule has 0 atom stereocenters. The molecule has 0 spiro atoms. The van der Waals surface area contributed by atoms with E-state index < -0.39 is 0 Å². The number of anilines is 1. The van der Waals surface area contributed by atoms with Gasteiger partial charge in [-0.2, -0.15) is 5.10 Å². The van der Waals surface area contributed by atoms with Crippen molar-refractivity contribution in [2.45, 2.75) is 26.3 Å². The SMILES string of the molecule is CC(C)c1cc(CNC(=O)Nc2ccnn2C)on1. The molecule has 0 unspecified atom stereocenters. The average molecular weight is 263 g/mol. The maximum absolute atomic E-state index is 11.7. The summed E-state index contributed by atoms with van der Waals surface area (Å²) in [7, 11) is 1.75. The number of carbonyl (C=O) groups excluding carboxylic acids is 1. The molecule has 0 aliphatic heterocycles. The molecule has 2 amide bonds. The third kappa shape index (κ3) is 3.34. The minimum Gasteiger partial charge on any atom is -0.359 e. The summed E-state index contributed by atoms with van der Waals surface area (Å²) in [5.41, 5.74) is 0.879. The molecular formula is C12H17N5O2. The van der Waals surface area contributed by atoms with Crippen molar-refractivity contribution in [1.82, 2.24) is 20.3 Å². The topological polar surface area (TPSA) is 85.0 Å². The van der Waals surface area contributed by atoms with Crippen molar-refractivity contribution in [2.24, 2.45) is 7.05 Å². The maximum Gasteiger partial charge on any atom is 0.320 e. The van der Waals surface area contributed by atoms with Crippen LogP contribution < -0.4 is 10.6 Å². The van der Waals surface area contributed by atoms with E-state index in [1.807, 2.05) is 19.9 Å². The molecule has 0 saturated carbocycles. The molecule has 7 heteroatoms. The third-order valence-electron chi connectivity index (χ3n) is 2.65. The largest absolute Gasteiger partial charge is 0.359 e. The molecule has 2 rings (SSSR count). The van der Waals surface area contributed by atoms with Crippen LogP contribution in [-0.4, -0.2) is 21.0 Å². The minimum atomic E-state index is -0.314. The van der Waals surface area contributed by atoms with Crippen molar-refractivity contribution < 1.29 is 9.32 Å². The van der Waals surface area contributed by atoms with Gasteiger partial charge in [-0.25, -0.2) is 4.79 Å². The number of urea groups is 1. The van der Waals surface area contributed by atoms with Gasteiger partial charge in [-0.15, -0.1) is 0 Å². The zero-order valence-corrected chi connectivity index (χ0v) is 11.2. The smallest absolute Gasteiger partial charge is 0.320 e. The Kier molecular flexibility index (Phi) is 3.84. The van der Waals surface area contributed by atoms with Crippen LogP contribution in [-0.2, 0) is 13.6 Å². The molecular weight excluding hydrogens is 246 g/mol. The first-order chi connectivity index (χ1) is 9.06. The Bertz CT molecular complexity index is 558. The van der Waals surface area contributed by atoms with Gasteiger partial charge in [0.05, 0.1) is 18.4 Å². The molecule has 0 saturated heterocycles. The average Bonchev–Trinajstić information content (AvgIpc) is 2.97. The van der Waals surface area contributed by atoms with Gasteiger partial charge in [0.2, 0.25) is 0 Å². The number of amides is 2. The van der Waals surface area contributed by atoms with Crippen LogP contribution in [0.3, 0.4) is 0 Å². The first-order valence-corrected chi connectivity index (χ1v) is 6.04. The van der Waals surface area contributed by atoms with Gasteiger partial charge in [0.1, 0.15) is 5.82 Å². The number of hydrogen-bond donors (Lipinski definition) is 2. The van der Waals surface area contributed by atoms with Gasteiger partial charge >= 0.3 is 6.03 Å². The van der Waals surface area contributed by atoms with Gasteiger partial charge in [-0.3, -0.25) is 10.00 Å². The van der Waals surface area contributed by atoms with E-state index in [4.69, 9.17) is 4.52 Å². The van der Waals surface area contributed by atoms with Crippen molar-refractivity contribution in [2.75, 3.05) is 5.32 Å². The molecule has 0 radical (unpaired) electrons. The Labute approximate surface area is 111 Å². The summed E-state index contributed by atoms with van der Waals surface area (Å²) < 4.78 is 6.70. The van der Waals surface area contributed by atoms with Crippen LogP contribution >= 0.6 is 0 Å². The number of nitrogens with zero attached hydrogens (tertiary/aromatic N) is 3. The second-order valence-corrected chi connectivity index (χ2v) is 4.52. The van der Waals surface area contributed by atoms with Crippen LogP contribution in [0.15, 0.2) is 22.9 Å². The minimum absolute atomic E-state index is 0.295. The van der Waals surface area contributed by atoms with Gasteiger partial charge in [0, 0.05) is 19.2 Å². The zero-order chi connectivity index (χ0) is 13.8. The molecule has 0 aliphatic carbocycles. The summed E-state index contributed by atoms with van der Waals surface area (Å²) in [5, 5.41) is 13.2. The van der Waals surface area contributed by atoms with Crippen molar-refractivity contribution in [3.05, 3.63) is 29.8 Å². The lowest BCUT2D eigenvalue weighted by molar-refractivity contribution is 0.250. The summed E-state index contributed by atoms with van der Waals surface area (Å²) in [5.74, 6) is 1.56. The molecule has 2 N–H and O–H groups in total. The Hall–Kier alpha value is -2.31. The first kappa shape index (κ1) is 13.1. The summed E-state index contributed by atoms with van der Waals surface area (Å²) >= 11 is 0. The summed E-state index contributed by atoms with van der Waals surface area (Å²) in [6.45, 7) is 4.36. The summed E-state index contributed by atoms with van der Waals surface area (Å²) in [6, 6.07) is 3.24. The van der Waals surface area contributed by atoms with Crippen LogP contribution in [0.4, 0.5) is 10.6 Å². The number of aromatic nitrogens is 3. The summed E-state index contributed by atoms with van der Waals surface area (Å²) in [4.78, 5) is 11.7. The van der Waals surface area contributed by atoms with Crippen LogP contribution in [0.5, 0.6) is 0 Å². The molecule has 19 heavy (non-hydrogen) atoms. The van der Waals surface area contributed by atoms with Gasteiger partial charge in [0.15, 0.2) is 5.76 Å². The third-order valence-corrected chi connectivity index (χ3v) is 2.65. The highest BCUT2D eigenvalue weighted by atomic mass is 16.5. The number of hydrogen-bond acceptors (Lipinski definition) is 4. The van der Waals surface area contributed by atoms with E-state index in [2.05, 4.69) is 20.9 Å². The number of nitrogens with one attached hydrogen (secondary N) is 2. The van der Waals surface area contributed by atoms with Crippen LogP contribution in [0.2, 0.25) is 0 Å². The molecule has 2 aromatic heterocycles. The van der Waals surface area contributed by atoms with Crippen molar-refractivity contribution >= 4 is 11.8 Å². The number of aryl methyl sites for hydroxylation is 1. The molecule has 2 heterocycles. The van der Waals surface area contributed by atoms with Crippen LogP contribution in [0.25, 0.3) is 0 Å². The van der Waals surface area contributed by atoms with E-state index in [1.165, 1.54) is 0 Å². The molecule has 102 valence electrons. The molecule has 7 nitrogen and oxygen atoms in total. The molecule has 0 fully saturated rings. The monoisotopic (exact) mass is 263 g/mol. The van der Waals surface area contributed by atoms with Gasteiger partial charge in [-0.1, -0.05) is 19.0 Å². The number of carbonyl (C=O) groups is 1. The normalized spacial score (nSPS) is 10.7. The van der Waals surface area contributed by atoms with Crippen molar-refractivity contribution in [1.29, 1.82) is 0 Å². The quantitative estimate of drug-likeness (QED) is 0.881. The first-order valence-electron chi connectivity index (χ1n) is 6.04. The summed E-state index contributed by atoms with van der Waals surface area (Å²) in [6.07, 6.45) is 1.61. The lowest BCUT2D eigenvalue weighted by Crippen LogP contribution is -2.28. The second-order valence-electron chi connectivity index (χ2n) is 4.52. The van der Waals surface area contributed by atoms with Crippen molar-refractivity contribution in [3.8, 4) is 0 Å². The Balaban J connectivity index is 1.84. The standard InChI is InChI=1S/C12H17N5O2/c1-8(2)10-6-9(19-16-10)7-13-12(18)15-11-4-5-14-17(11)3/h4-6,8H,7H2,1-3H3,(H2,13,15,18). The second kappa shape index (κ2) is 5.55. The molecule has 2 aromatic rings. The zero-order valence-electron chi connectivity index (χ0n) is 11.2. The van der Waals surface area contributed by atoms with E-state index >= 15 is 0 Å². The van der Waals surface area contributed by atoms with Gasteiger partial charge in [0.25, 0.3) is 0 Å². The lowest BCUT2D eigenvalue weighted by Gasteiger charge is -2.05. The van der Waals surface area contributed by atoms with Crippen LogP contribution in [0, 0.1) is 0 Å². The predicted molar refractivity (Wildman–Crippen MR) is 69.7 cm³/mol. The molecule has 0 aliphatic rings. The Morgan fingerprint density at radius 3 is 2.89 bits per heavy atom. The van der Waals surface area contributed by atoms with Gasteiger partial charge in [-0.05, 0) is 5.92 Å². The Morgan fingerprint density at radius 1 is 1.53 bits per heavy atom. The van der Waals surface area contributed by atoms with E-state index in [-0.39, 0.29) is 6.03 Å². The van der Waals surface area contributed by atoms with E-state index in [9.17, 15) is 4.79 Å².